The molecular weight excluding hydrogens is 322 g/mol. The molecule has 0 saturated carbocycles. The fraction of sp³-hybridized carbons (Fsp3) is 0.0769. The summed E-state index contributed by atoms with van der Waals surface area (Å²) in [6.45, 7) is 0.0695. The van der Waals surface area contributed by atoms with Gasteiger partial charge in [-0.2, -0.15) is 0 Å². The van der Waals surface area contributed by atoms with Crippen molar-refractivity contribution >= 4 is 27.3 Å². The Bertz CT molecular complexity index is 782. The lowest BCUT2D eigenvalue weighted by atomic mass is 10.2. The van der Waals surface area contributed by atoms with Crippen molar-refractivity contribution in [2.75, 3.05) is 4.72 Å². The van der Waals surface area contributed by atoms with Gasteiger partial charge in [0.15, 0.2) is 0 Å². The van der Waals surface area contributed by atoms with Crippen molar-refractivity contribution in [3.8, 4) is 0 Å². The van der Waals surface area contributed by atoms with E-state index in [-0.39, 0.29) is 17.3 Å². The van der Waals surface area contributed by atoms with Gasteiger partial charge in [-0.05, 0) is 35.9 Å². The van der Waals surface area contributed by atoms with E-state index in [4.69, 9.17) is 17.3 Å². The molecule has 0 atom stereocenters. The second-order valence-corrected chi connectivity index (χ2v) is 6.26. The molecule has 21 heavy (non-hydrogen) atoms. The van der Waals surface area contributed by atoms with Crippen LogP contribution in [0.2, 0.25) is 5.02 Å². The largest absolute Gasteiger partial charge is 0.326 e. The average Bonchev–Trinajstić information content (AvgIpc) is 2.42. The minimum Gasteiger partial charge on any atom is -0.326 e. The van der Waals surface area contributed by atoms with Gasteiger partial charge < -0.3 is 5.73 Å². The monoisotopic (exact) mass is 332 g/mol. The molecule has 0 spiro atoms. The highest BCUT2D eigenvalue weighted by atomic mass is 35.5. The van der Waals surface area contributed by atoms with Gasteiger partial charge in [-0.3, -0.25) is 4.72 Å². The molecule has 0 unspecified atom stereocenters. The fourth-order valence-corrected chi connectivity index (χ4v) is 3.13. The van der Waals surface area contributed by atoms with Crippen LogP contribution in [-0.2, 0) is 16.6 Å². The van der Waals surface area contributed by atoms with Crippen LogP contribution in [0.5, 0.6) is 0 Å². The Labute approximate surface area is 125 Å². The van der Waals surface area contributed by atoms with Gasteiger partial charge in [0.05, 0.1) is 10.7 Å². The fourth-order valence-electron chi connectivity index (χ4n) is 1.65. The standard InChI is InChI=1S/C13H11ClF2N2O2S/c14-10-6-9(15)2-4-12(10)18-21(19,20)13-5-8(7-17)1-3-11(13)16/h1-6,18H,7,17H2. The van der Waals surface area contributed by atoms with Crippen LogP contribution < -0.4 is 10.5 Å². The van der Waals surface area contributed by atoms with Crippen molar-refractivity contribution in [3.05, 3.63) is 58.6 Å². The molecule has 2 aromatic rings. The van der Waals surface area contributed by atoms with Crippen LogP contribution in [0, 0.1) is 11.6 Å². The lowest BCUT2D eigenvalue weighted by Crippen LogP contribution is -2.15. The topological polar surface area (TPSA) is 72.2 Å². The molecule has 0 saturated heterocycles. The summed E-state index contributed by atoms with van der Waals surface area (Å²) in [5, 5.41) is -0.131. The van der Waals surface area contributed by atoms with Crippen molar-refractivity contribution < 1.29 is 17.2 Å². The summed E-state index contributed by atoms with van der Waals surface area (Å²) in [5.41, 5.74) is 5.82. The summed E-state index contributed by atoms with van der Waals surface area (Å²) in [7, 11) is -4.20. The molecule has 8 heteroatoms. The van der Waals surface area contributed by atoms with Crippen LogP contribution in [0.15, 0.2) is 41.3 Å². The second kappa shape index (κ2) is 5.97. The summed E-state index contributed by atoms with van der Waals surface area (Å²) >= 11 is 5.74. The Morgan fingerprint density at radius 3 is 2.48 bits per heavy atom. The van der Waals surface area contributed by atoms with Crippen LogP contribution in [0.4, 0.5) is 14.5 Å². The van der Waals surface area contributed by atoms with Crippen LogP contribution in [-0.4, -0.2) is 8.42 Å². The number of sulfonamides is 1. The highest BCUT2D eigenvalue weighted by molar-refractivity contribution is 7.92. The zero-order valence-corrected chi connectivity index (χ0v) is 12.2. The molecule has 2 aromatic carbocycles. The number of nitrogens with one attached hydrogen (secondary N) is 1. The molecule has 0 aliphatic carbocycles. The van der Waals surface area contributed by atoms with Crippen molar-refractivity contribution in [1.29, 1.82) is 0 Å². The van der Waals surface area contributed by atoms with E-state index in [2.05, 4.69) is 4.72 Å². The Hall–Kier alpha value is -1.70. The van der Waals surface area contributed by atoms with Crippen LogP contribution in [0.3, 0.4) is 0 Å². The van der Waals surface area contributed by atoms with E-state index in [1.807, 2.05) is 0 Å². The third-order valence-electron chi connectivity index (χ3n) is 2.70. The van der Waals surface area contributed by atoms with Crippen molar-refractivity contribution in [3.63, 3.8) is 0 Å². The zero-order chi connectivity index (χ0) is 15.6. The van der Waals surface area contributed by atoms with Crippen LogP contribution in [0.1, 0.15) is 5.56 Å². The van der Waals surface area contributed by atoms with Gasteiger partial charge in [0.2, 0.25) is 0 Å². The Balaban J connectivity index is 2.43. The van der Waals surface area contributed by atoms with Gasteiger partial charge >= 0.3 is 0 Å². The third kappa shape index (κ3) is 3.49. The lowest BCUT2D eigenvalue weighted by Gasteiger charge is -2.11. The number of halogens is 3. The maximum Gasteiger partial charge on any atom is 0.264 e. The zero-order valence-electron chi connectivity index (χ0n) is 10.6. The number of benzene rings is 2. The third-order valence-corrected chi connectivity index (χ3v) is 4.39. The quantitative estimate of drug-likeness (QED) is 0.904. The first-order valence-electron chi connectivity index (χ1n) is 5.80. The molecule has 0 bridgehead atoms. The highest BCUT2D eigenvalue weighted by Gasteiger charge is 2.20. The number of nitrogens with two attached hydrogens (primary N) is 1. The van der Waals surface area contributed by atoms with Gasteiger partial charge in [0.25, 0.3) is 10.0 Å². The average molecular weight is 333 g/mol. The van der Waals surface area contributed by atoms with E-state index in [1.165, 1.54) is 6.07 Å². The SMILES string of the molecule is NCc1ccc(F)c(S(=O)(=O)Nc2ccc(F)cc2Cl)c1. The van der Waals surface area contributed by atoms with E-state index >= 15 is 0 Å². The maximum absolute atomic E-state index is 13.7. The molecule has 0 amide bonds. The molecule has 0 aliphatic rings. The van der Waals surface area contributed by atoms with Gasteiger partial charge in [-0.15, -0.1) is 0 Å². The molecule has 0 aliphatic heterocycles. The maximum atomic E-state index is 13.7. The van der Waals surface area contributed by atoms with E-state index in [0.717, 1.165) is 30.3 Å². The molecule has 112 valence electrons. The van der Waals surface area contributed by atoms with E-state index < -0.39 is 26.6 Å². The molecule has 0 fully saturated rings. The lowest BCUT2D eigenvalue weighted by molar-refractivity contribution is 0.569. The van der Waals surface area contributed by atoms with Gasteiger partial charge in [-0.25, -0.2) is 17.2 Å². The number of anilines is 1. The van der Waals surface area contributed by atoms with Crippen LogP contribution in [0.25, 0.3) is 0 Å². The molecular formula is C13H11ClF2N2O2S. The summed E-state index contributed by atoms with van der Waals surface area (Å²) in [4.78, 5) is -0.550. The van der Waals surface area contributed by atoms with Crippen LogP contribution >= 0.6 is 11.6 Å². The Morgan fingerprint density at radius 1 is 1.14 bits per heavy atom. The molecule has 0 radical (unpaired) electrons. The Kier molecular flexibility index (Phi) is 4.46. The second-order valence-electron chi connectivity index (χ2n) is 4.20. The summed E-state index contributed by atoms with van der Waals surface area (Å²) < 4.78 is 53.1. The van der Waals surface area contributed by atoms with Crippen molar-refractivity contribution in [2.45, 2.75) is 11.4 Å². The van der Waals surface area contributed by atoms with E-state index in [0.29, 0.717) is 5.56 Å². The number of rotatable bonds is 4. The molecule has 4 nitrogen and oxygen atoms in total. The normalized spacial score (nSPS) is 11.4. The first-order chi connectivity index (χ1) is 9.83. The summed E-state index contributed by atoms with van der Waals surface area (Å²) in [6.07, 6.45) is 0. The van der Waals surface area contributed by atoms with Crippen molar-refractivity contribution in [2.24, 2.45) is 5.73 Å². The molecule has 2 rings (SSSR count). The first-order valence-corrected chi connectivity index (χ1v) is 7.66. The molecule has 0 aromatic heterocycles. The number of hydrogen-bond donors (Lipinski definition) is 2. The van der Waals surface area contributed by atoms with Gasteiger partial charge in [0, 0.05) is 6.54 Å². The summed E-state index contributed by atoms with van der Waals surface area (Å²) in [6, 6.07) is 6.68. The predicted molar refractivity (Wildman–Crippen MR) is 76.5 cm³/mol. The van der Waals surface area contributed by atoms with E-state index in [9.17, 15) is 17.2 Å². The first kappa shape index (κ1) is 15.7. The van der Waals surface area contributed by atoms with Gasteiger partial charge in [0.1, 0.15) is 16.5 Å². The van der Waals surface area contributed by atoms with Crippen molar-refractivity contribution in [1.82, 2.24) is 0 Å². The predicted octanol–water partition coefficient (Wildman–Crippen LogP) is 2.88. The minimum absolute atomic E-state index is 0.0457. The molecule has 3 N–H and O–H groups in total. The van der Waals surface area contributed by atoms with E-state index in [1.54, 1.807) is 0 Å². The smallest absolute Gasteiger partial charge is 0.264 e. The summed E-state index contributed by atoms with van der Waals surface area (Å²) in [5.74, 6) is -1.53. The number of hydrogen-bond acceptors (Lipinski definition) is 3. The minimum atomic E-state index is -4.20. The highest BCUT2D eigenvalue weighted by Crippen LogP contribution is 2.26. The van der Waals surface area contributed by atoms with Gasteiger partial charge in [-0.1, -0.05) is 17.7 Å². The molecule has 0 heterocycles. The Morgan fingerprint density at radius 2 is 1.86 bits per heavy atom.